The standard InChI is InChI=1S/C15H20N4S/c1-11-17-15(20-18-11)19-8-6-13(7-9-19)10-12-2-4-14(16)5-3-12/h2-5,13H,6-10,16H2,1H3. The molecule has 2 N–H and O–H groups in total. The van der Waals surface area contributed by atoms with Crippen LogP contribution >= 0.6 is 11.5 Å². The van der Waals surface area contributed by atoms with Crippen LogP contribution in [0.25, 0.3) is 0 Å². The summed E-state index contributed by atoms with van der Waals surface area (Å²) in [6, 6.07) is 8.29. The first-order valence-electron chi connectivity index (χ1n) is 7.10. The van der Waals surface area contributed by atoms with Gasteiger partial charge in [-0.1, -0.05) is 12.1 Å². The van der Waals surface area contributed by atoms with E-state index in [0.29, 0.717) is 0 Å². The van der Waals surface area contributed by atoms with Gasteiger partial charge in [0.05, 0.1) is 0 Å². The van der Waals surface area contributed by atoms with Crippen molar-refractivity contribution < 1.29 is 0 Å². The summed E-state index contributed by atoms with van der Waals surface area (Å²) in [5.41, 5.74) is 7.96. The molecule has 3 rings (SSSR count). The van der Waals surface area contributed by atoms with E-state index in [0.717, 1.165) is 42.1 Å². The smallest absolute Gasteiger partial charge is 0.205 e. The summed E-state index contributed by atoms with van der Waals surface area (Å²) in [4.78, 5) is 6.84. The second-order valence-electron chi connectivity index (χ2n) is 5.50. The highest BCUT2D eigenvalue weighted by atomic mass is 32.1. The second-order valence-corrected chi connectivity index (χ2v) is 6.23. The number of hydrogen-bond donors (Lipinski definition) is 1. The normalized spacial score (nSPS) is 16.6. The minimum absolute atomic E-state index is 0.767. The Morgan fingerprint density at radius 1 is 1.25 bits per heavy atom. The number of piperidine rings is 1. The quantitative estimate of drug-likeness (QED) is 0.882. The number of anilines is 2. The van der Waals surface area contributed by atoms with Gasteiger partial charge in [-0.3, -0.25) is 0 Å². The van der Waals surface area contributed by atoms with Gasteiger partial charge in [-0.05, 0) is 49.8 Å². The number of aryl methyl sites for hydroxylation is 1. The molecule has 4 nitrogen and oxygen atoms in total. The Bertz CT molecular complexity index is 556. The molecule has 1 aliphatic rings. The highest BCUT2D eigenvalue weighted by molar-refractivity contribution is 7.09. The van der Waals surface area contributed by atoms with Crippen molar-refractivity contribution in [3.63, 3.8) is 0 Å². The van der Waals surface area contributed by atoms with Gasteiger partial charge >= 0.3 is 0 Å². The van der Waals surface area contributed by atoms with E-state index < -0.39 is 0 Å². The molecule has 5 heteroatoms. The Hall–Kier alpha value is -1.62. The zero-order valence-electron chi connectivity index (χ0n) is 11.7. The number of nitrogens with zero attached hydrogens (tertiary/aromatic N) is 3. The number of aromatic nitrogens is 2. The van der Waals surface area contributed by atoms with Crippen LogP contribution in [0, 0.1) is 12.8 Å². The van der Waals surface area contributed by atoms with Crippen LogP contribution in [0.1, 0.15) is 24.2 Å². The van der Waals surface area contributed by atoms with Crippen LogP contribution in [-0.4, -0.2) is 22.4 Å². The first-order valence-corrected chi connectivity index (χ1v) is 7.88. The van der Waals surface area contributed by atoms with Gasteiger partial charge in [-0.2, -0.15) is 4.37 Å². The highest BCUT2D eigenvalue weighted by Crippen LogP contribution is 2.26. The van der Waals surface area contributed by atoms with Crippen LogP contribution in [0.5, 0.6) is 0 Å². The van der Waals surface area contributed by atoms with Crippen molar-refractivity contribution in [3.8, 4) is 0 Å². The minimum Gasteiger partial charge on any atom is -0.399 e. The van der Waals surface area contributed by atoms with Crippen LogP contribution in [0.3, 0.4) is 0 Å². The highest BCUT2D eigenvalue weighted by Gasteiger charge is 2.21. The molecule has 0 spiro atoms. The van der Waals surface area contributed by atoms with E-state index in [1.165, 1.54) is 29.9 Å². The van der Waals surface area contributed by atoms with E-state index in [1.54, 1.807) is 0 Å². The van der Waals surface area contributed by atoms with E-state index in [-0.39, 0.29) is 0 Å². The summed E-state index contributed by atoms with van der Waals surface area (Å²) in [5.74, 6) is 1.65. The molecule has 1 aliphatic heterocycles. The molecule has 0 aliphatic carbocycles. The lowest BCUT2D eigenvalue weighted by molar-refractivity contribution is 0.403. The lowest BCUT2D eigenvalue weighted by atomic mass is 9.90. The molecule has 0 saturated carbocycles. The van der Waals surface area contributed by atoms with E-state index in [1.807, 2.05) is 19.1 Å². The van der Waals surface area contributed by atoms with Gasteiger partial charge in [0.2, 0.25) is 5.13 Å². The van der Waals surface area contributed by atoms with Crippen LogP contribution in [0.4, 0.5) is 10.8 Å². The summed E-state index contributed by atoms with van der Waals surface area (Å²) in [6.07, 6.45) is 3.61. The van der Waals surface area contributed by atoms with Crippen molar-refractivity contribution >= 4 is 22.4 Å². The van der Waals surface area contributed by atoms with E-state index in [9.17, 15) is 0 Å². The molecule has 0 bridgehead atoms. The van der Waals surface area contributed by atoms with Crippen molar-refractivity contribution in [2.75, 3.05) is 23.7 Å². The molecule has 1 aromatic carbocycles. The van der Waals surface area contributed by atoms with Crippen LogP contribution in [-0.2, 0) is 6.42 Å². The van der Waals surface area contributed by atoms with Crippen molar-refractivity contribution in [1.29, 1.82) is 0 Å². The molecule has 2 aromatic rings. The molecule has 1 aromatic heterocycles. The number of hydrogen-bond acceptors (Lipinski definition) is 5. The zero-order valence-corrected chi connectivity index (χ0v) is 12.6. The maximum Gasteiger partial charge on any atom is 0.205 e. The second kappa shape index (κ2) is 5.79. The van der Waals surface area contributed by atoms with Gasteiger partial charge in [0, 0.05) is 30.3 Å². The fraction of sp³-hybridized carbons (Fsp3) is 0.467. The molecule has 1 fully saturated rings. The maximum atomic E-state index is 5.73. The Morgan fingerprint density at radius 2 is 1.95 bits per heavy atom. The minimum atomic E-state index is 0.767. The molecule has 0 amide bonds. The Kier molecular flexibility index (Phi) is 3.87. The molecule has 1 saturated heterocycles. The molecular formula is C15H20N4S. The average Bonchev–Trinajstić information content (AvgIpc) is 2.89. The molecule has 106 valence electrons. The monoisotopic (exact) mass is 288 g/mol. The number of nitrogen functional groups attached to an aromatic ring is 1. The van der Waals surface area contributed by atoms with E-state index in [2.05, 4.69) is 26.4 Å². The van der Waals surface area contributed by atoms with Crippen molar-refractivity contribution in [1.82, 2.24) is 9.36 Å². The fourth-order valence-electron chi connectivity index (χ4n) is 2.73. The number of nitrogens with two attached hydrogens (primary N) is 1. The molecule has 0 atom stereocenters. The van der Waals surface area contributed by atoms with Crippen LogP contribution < -0.4 is 10.6 Å². The lowest BCUT2D eigenvalue weighted by Crippen LogP contribution is -2.34. The maximum absolute atomic E-state index is 5.73. The summed E-state index contributed by atoms with van der Waals surface area (Å²) >= 11 is 1.51. The van der Waals surface area contributed by atoms with Gasteiger partial charge < -0.3 is 10.6 Å². The van der Waals surface area contributed by atoms with Crippen molar-refractivity contribution in [2.24, 2.45) is 5.92 Å². The SMILES string of the molecule is Cc1nsc(N2CCC(Cc3ccc(N)cc3)CC2)n1. The third-order valence-electron chi connectivity index (χ3n) is 3.91. The summed E-state index contributed by atoms with van der Waals surface area (Å²) in [7, 11) is 0. The third-order valence-corrected chi connectivity index (χ3v) is 4.77. The van der Waals surface area contributed by atoms with Gasteiger partial charge in [0.25, 0.3) is 0 Å². The van der Waals surface area contributed by atoms with Gasteiger partial charge in [0.15, 0.2) is 0 Å². The number of benzene rings is 1. The van der Waals surface area contributed by atoms with Crippen LogP contribution in [0.15, 0.2) is 24.3 Å². The Labute approximate surface area is 123 Å². The van der Waals surface area contributed by atoms with Crippen molar-refractivity contribution in [2.45, 2.75) is 26.2 Å². The summed E-state index contributed by atoms with van der Waals surface area (Å²) in [5, 5.41) is 1.08. The lowest BCUT2D eigenvalue weighted by Gasteiger charge is -2.31. The first-order chi connectivity index (χ1) is 9.70. The summed E-state index contributed by atoms with van der Waals surface area (Å²) < 4.78 is 4.26. The molecule has 0 radical (unpaired) electrons. The van der Waals surface area contributed by atoms with Gasteiger partial charge in [0.1, 0.15) is 5.82 Å². The van der Waals surface area contributed by atoms with Gasteiger partial charge in [-0.25, -0.2) is 4.98 Å². The predicted molar refractivity (Wildman–Crippen MR) is 84.1 cm³/mol. The van der Waals surface area contributed by atoms with Gasteiger partial charge in [-0.15, -0.1) is 0 Å². The molecule has 2 heterocycles. The van der Waals surface area contributed by atoms with Crippen molar-refractivity contribution in [3.05, 3.63) is 35.7 Å². The Morgan fingerprint density at radius 3 is 2.55 bits per heavy atom. The zero-order chi connectivity index (χ0) is 13.9. The van der Waals surface area contributed by atoms with E-state index in [4.69, 9.17) is 5.73 Å². The largest absolute Gasteiger partial charge is 0.399 e. The van der Waals surface area contributed by atoms with Crippen LogP contribution in [0.2, 0.25) is 0 Å². The number of rotatable bonds is 3. The predicted octanol–water partition coefficient (Wildman–Crippen LogP) is 2.89. The first kappa shape index (κ1) is 13.4. The molecular weight excluding hydrogens is 268 g/mol. The summed E-state index contributed by atoms with van der Waals surface area (Å²) in [6.45, 7) is 4.14. The molecule has 0 unspecified atom stereocenters. The molecule has 20 heavy (non-hydrogen) atoms. The van der Waals surface area contributed by atoms with E-state index >= 15 is 0 Å². The average molecular weight is 288 g/mol. The topological polar surface area (TPSA) is 55.0 Å². The fourth-order valence-corrected chi connectivity index (χ4v) is 3.46. The third kappa shape index (κ3) is 3.10. The Balaban J connectivity index is 1.54.